The van der Waals surface area contributed by atoms with Gasteiger partial charge in [-0.05, 0) is 35.9 Å². The molecule has 2 aromatic heterocycles. The highest BCUT2D eigenvalue weighted by Crippen LogP contribution is 2.34. The predicted molar refractivity (Wildman–Crippen MR) is 131 cm³/mol. The summed E-state index contributed by atoms with van der Waals surface area (Å²) in [6.45, 7) is 3.28. The topological polar surface area (TPSA) is 66.5 Å². The van der Waals surface area contributed by atoms with Gasteiger partial charge in [0, 0.05) is 25.3 Å². The molecule has 0 radical (unpaired) electrons. The molecule has 1 saturated heterocycles. The molecule has 1 aliphatic heterocycles. The Bertz CT molecular complexity index is 1190. The summed E-state index contributed by atoms with van der Waals surface area (Å²) in [5.41, 5.74) is 1.95. The number of thiophene rings is 1. The van der Waals surface area contributed by atoms with E-state index in [1.165, 1.54) is 34.8 Å². The summed E-state index contributed by atoms with van der Waals surface area (Å²) in [5.74, 6) is -0.390. The largest absolute Gasteiger partial charge is 0.379 e. The number of carbonyl (C=O) groups excluding carboxylic acids is 1. The van der Waals surface area contributed by atoms with Crippen LogP contribution in [0.2, 0.25) is 0 Å². The van der Waals surface area contributed by atoms with E-state index in [1.54, 1.807) is 12.1 Å². The molecule has 5 rings (SSSR count). The molecule has 0 unspecified atom stereocenters. The van der Waals surface area contributed by atoms with E-state index in [1.807, 2.05) is 36.4 Å². The van der Waals surface area contributed by atoms with E-state index in [2.05, 4.69) is 20.5 Å². The molecule has 3 heterocycles. The number of carbonyl (C=O) groups is 1. The lowest BCUT2D eigenvalue weighted by atomic mass is 10.0. The van der Waals surface area contributed by atoms with Crippen LogP contribution in [0, 0.1) is 5.82 Å². The Morgan fingerprint density at radius 1 is 1.09 bits per heavy atom. The first-order valence-electron chi connectivity index (χ1n) is 10.7. The molecule has 0 aliphatic carbocycles. The zero-order chi connectivity index (χ0) is 22.6. The molecule has 0 saturated carbocycles. The second-order valence-corrected chi connectivity index (χ2v) is 9.78. The van der Waals surface area contributed by atoms with Gasteiger partial charge < -0.3 is 15.4 Å². The average molecular weight is 483 g/mol. The van der Waals surface area contributed by atoms with Crippen LogP contribution in [-0.2, 0) is 4.74 Å². The number of halogens is 1. The summed E-state index contributed by atoms with van der Waals surface area (Å²) in [7, 11) is 0. The van der Waals surface area contributed by atoms with Gasteiger partial charge in [-0.25, -0.2) is 9.37 Å². The average Bonchev–Trinajstić information content (AvgIpc) is 3.40. The third-order valence-electron chi connectivity index (χ3n) is 5.54. The van der Waals surface area contributed by atoms with E-state index >= 15 is 0 Å². The molecule has 9 heteroatoms. The van der Waals surface area contributed by atoms with Crippen LogP contribution in [-0.4, -0.2) is 48.6 Å². The van der Waals surface area contributed by atoms with Crippen molar-refractivity contribution >= 4 is 48.9 Å². The van der Waals surface area contributed by atoms with Crippen LogP contribution in [0.25, 0.3) is 9.53 Å². The number of thiazole rings is 1. The fourth-order valence-corrected chi connectivity index (χ4v) is 5.91. The second kappa shape index (κ2) is 9.96. The van der Waals surface area contributed by atoms with Crippen molar-refractivity contribution in [2.75, 3.05) is 38.2 Å². The molecule has 170 valence electrons. The van der Waals surface area contributed by atoms with E-state index in [9.17, 15) is 9.18 Å². The van der Waals surface area contributed by atoms with Crippen molar-refractivity contribution < 1.29 is 13.9 Å². The fraction of sp³-hybridized carbons (Fsp3) is 0.250. The van der Waals surface area contributed by atoms with Gasteiger partial charge >= 0.3 is 0 Å². The van der Waals surface area contributed by atoms with Crippen LogP contribution in [0.4, 0.5) is 15.2 Å². The minimum absolute atomic E-state index is 0.0423. The number of ether oxygens (including phenoxy) is 1. The summed E-state index contributed by atoms with van der Waals surface area (Å²) >= 11 is 2.91. The molecule has 4 aromatic rings. The van der Waals surface area contributed by atoms with Crippen LogP contribution in [0.15, 0.2) is 60.7 Å². The van der Waals surface area contributed by atoms with Gasteiger partial charge in [0.25, 0.3) is 5.91 Å². The number of anilines is 2. The first-order chi connectivity index (χ1) is 16.2. The Morgan fingerprint density at radius 3 is 2.58 bits per heavy atom. The lowest BCUT2D eigenvalue weighted by Crippen LogP contribution is -2.43. The Balaban J connectivity index is 1.27. The third kappa shape index (κ3) is 5.22. The maximum Gasteiger partial charge on any atom is 0.261 e. The Hall–Kier alpha value is -2.85. The van der Waals surface area contributed by atoms with Crippen LogP contribution in [0.5, 0.6) is 0 Å². The predicted octanol–water partition coefficient (Wildman–Crippen LogP) is 5.04. The first-order valence-corrected chi connectivity index (χ1v) is 12.4. The number of para-hydroxylation sites is 1. The lowest BCUT2D eigenvalue weighted by molar-refractivity contribution is 0.0162. The highest BCUT2D eigenvalue weighted by Gasteiger charge is 2.24. The number of nitrogens with zero attached hydrogens (tertiary/aromatic N) is 2. The van der Waals surface area contributed by atoms with Crippen molar-refractivity contribution in [3.05, 3.63) is 76.9 Å². The van der Waals surface area contributed by atoms with Gasteiger partial charge in [-0.2, -0.15) is 0 Å². The number of amides is 1. The number of fused-ring (bicyclic) bond motifs is 1. The maximum atomic E-state index is 13.4. The number of rotatable bonds is 7. The second-order valence-electron chi connectivity index (χ2n) is 7.72. The van der Waals surface area contributed by atoms with Gasteiger partial charge in [-0.15, -0.1) is 11.3 Å². The number of hydrogen-bond acceptors (Lipinski definition) is 7. The van der Waals surface area contributed by atoms with Gasteiger partial charge in [0.2, 0.25) is 0 Å². The van der Waals surface area contributed by atoms with Gasteiger partial charge in [-0.1, -0.05) is 41.7 Å². The van der Waals surface area contributed by atoms with E-state index < -0.39 is 0 Å². The van der Waals surface area contributed by atoms with Crippen LogP contribution in [0.1, 0.15) is 21.3 Å². The molecule has 0 bridgehead atoms. The quantitative estimate of drug-likeness (QED) is 0.386. The first kappa shape index (κ1) is 22.0. The molecule has 2 aromatic carbocycles. The molecule has 1 aliphatic rings. The molecule has 2 N–H and O–H groups in total. The standard InChI is InChI=1S/C24H23FN4O2S2/c25-17-8-6-16(7-9-17)19(29-10-12-31-13-11-29)15-26-22(30)20-14-21-23(32-20)28-24(33-21)27-18-4-2-1-3-5-18/h1-9,14,19H,10-13,15H2,(H,26,30)(H,27,28)/t19-/m1/s1. The van der Waals surface area contributed by atoms with Crippen LogP contribution >= 0.6 is 22.7 Å². The zero-order valence-electron chi connectivity index (χ0n) is 17.8. The summed E-state index contributed by atoms with van der Waals surface area (Å²) in [4.78, 5) is 21.3. The summed E-state index contributed by atoms with van der Waals surface area (Å²) < 4.78 is 19.9. The van der Waals surface area contributed by atoms with Crippen molar-refractivity contribution in [3.8, 4) is 0 Å². The van der Waals surface area contributed by atoms with Gasteiger partial charge in [0.15, 0.2) is 5.13 Å². The number of morpholine rings is 1. The normalized spacial score (nSPS) is 15.4. The van der Waals surface area contributed by atoms with Gasteiger partial charge in [0.05, 0.1) is 28.8 Å². The van der Waals surface area contributed by atoms with Gasteiger partial charge in [-0.3, -0.25) is 9.69 Å². The molecular weight excluding hydrogens is 459 g/mol. The summed E-state index contributed by atoms with van der Waals surface area (Å²) in [6, 6.07) is 18.2. The minimum atomic E-state index is -0.268. The lowest BCUT2D eigenvalue weighted by Gasteiger charge is -2.34. The van der Waals surface area contributed by atoms with Crippen LogP contribution < -0.4 is 10.6 Å². The zero-order valence-corrected chi connectivity index (χ0v) is 19.4. The SMILES string of the molecule is O=C(NC[C@H](c1ccc(F)cc1)N1CCOCC1)c1cc2sc(Nc3ccccc3)nc2s1. The molecule has 0 spiro atoms. The molecule has 1 atom stereocenters. The Labute approximate surface area is 199 Å². The van der Waals surface area contributed by atoms with Crippen molar-refractivity contribution in [1.29, 1.82) is 0 Å². The van der Waals surface area contributed by atoms with E-state index in [0.29, 0.717) is 24.6 Å². The van der Waals surface area contributed by atoms with Crippen molar-refractivity contribution in [2.24, 2.45) is 0 Å². The Kier molecular flexibility index (Phi) is 6.63. The summed E-state index contributed by atoms with van der Waals surface area (Å²) in [5, 5.41) is 7.17. The van der Waals surface area contributed by atoms with Crippen LogP contribution in [0.3, 0.4) is 0 Å². The van der Waals surface area contributed by atoms with Crippen molar-refractivity contribution in [3.63, 3.8) is 0 Å². The van der Waals surface area contributed by atoms with Crippen molar-refractivity contribution in [2.45, 2.75) is 6.04 Å². The van der Waals surface area contributed by atoms with E-state index in [0.717, 1.165) is 39.0 Å². The smallest absolute Gasteiger partial charge is 0.261 e. The van der Waals surface area contributed by atoms with Gasteiger partial charge in [0.1, 0.15) is 10.6 Å². The summed E-state index contributed by atoms with van der Waals surface area (Å²) in [6.07, 6.45) is 0. The minimum Gasteiger partial charge on any atom is -0.379 e. The molecule has 6 nitrogen and oxygen atoms in total. The highest BCUT2D eigenvalue weighted by atomic mass is 32.1. The molecule has 33 heavy (non-hydrogen) atoms. The highest BCUT2D eigenvalue weighted by molar-refractivity contribution is 7.29. The Morgan fingerprint density at radius 2 is 1.85 bits per heavy atom. The number of aromatic nitrogens is 1. The third-order valence-corrected chi connectivity index (χ3v) is 7.61. The number of hydrogen-bond donors (Lipinski definition) is 2. The van der Waals surface area contributed by atoms with E-state index in [-0.39, 0.29) is 17.8 Å². The van der Waals surface area contributed by atoms with Crippen molar-refractivity contribution in [1.82, 2.24) is 15.2 Å². The molecule has 1 amide bonds. The monoisotopic (exact) mass is 482 g/mol. The number of nitrogens with one attached hydrogen (secondary N) is 2. The molecular formula is C24H23FN4O2S2. The molecule has 1 fully saturated rings. The fourth-order valence-electron chi connectivity index (χ4n) is 3.85. The number of benzene rings is 2. The maximum absolute atomic E-state index is 13.4. The van der Waals surface area contributed by atoms with E-state index in [4.69, 9.17) is 4.74 Å².